The Labute approximate surface area is 141 Å². The van der Waals surface area contributed by atoms with Gasteiger partial charge in [-0.15, -0.1) is 0 Å². The molecule has 2 atom stereocenters. The summed E-state index contributed by atoms with van der Waals surface area (Å²) in [6.45, 7) is 17.6. The third kappa shape index (κ3) is 5.31. The van der Waals surface area contributed by atoms with E-state index < -0.39 is 13.9 Å². The van der Waals surface area contributed by atoms with Gasteiger partial charge < -0.3 is 18.9 Å². The molecule has 0 radical (unpaired) electrons. The second kappa shape index (κ2) is 6.93. The van der Waals surface area contributed by atoms with Gasteiger partial charge >= 0.3 is 6.09 Å². The zero-order chi connectivity index (χ0) is 18.1. The van der Waals surface area contributed by atoms with Crippen LogP contribution in [-0.4, -0.2) is 50.4 Å². The number of carbonyl (C=O) groups is 2. The number of nitrogens with zero attached hydrogens (tertiary/aromatic N) is 1. The molecule has 0 saturated carbocycles. The van der Waals surface area contributed by atoms with Gasteiger partial charge in [0.05, 0.1) is 12.6 Å². The first kappa shape index (κ1) is 20.2. The van der Waals surface area contributed by atoms with Gasteiger partial charge in [-0.2, -0.15) is 0 Å². The van der Waals surface area contributed by atoms with Gasteiger partial charge in [-0.05, 0) is 38.9 Å². The predicted molar refractivity (Wildman–Crippen MR) is 94.0 cm³/mol. The van der Waals surface area contributed by atoms with Gasteiger partial charge in [0.2, 0.25) is 0 Å². The molecule has 1 rings (SSSR count). The minimum Gasteiger partial charge on any atom is -0.444 e. The van der Waals surface area contributed by atoms with Crippen LogP contribution >= 0.6 is 0 Å². The zero-order valence-electron chi connectivity index (χ0n) is 15.9. The van der Waals surface area contributed by atoms with Crippen LogP contribution in [-0.2, 0) is 14.0 Å². The van der Waals surface area contributed by atoms with Crippen molar-refractivity contribution in [3.63, 3.8) is 0 Å². The smallest absolute Gasteiger partial charge is 0.410 e. The molecule has 1 aliphatic rings. The number of rotatable bonds is 5. The zero-order valence-corrected chi connectivity index (χ0v) is 16.9. The number of hydrogen-bond donors (Lipinski definition) is 0. The highest BCUT2D eigenvalue weighted by molar-refractivity contribution is 6.74. The summed E-state index contributed by atoms with van der Waals surface area (Å²) in [4.78, 5) is 24.8. The highest BCUT2D eigenvalue weighted by atomic mass is 28.4. The van der Waals surface area contributed by atoms with E-state index in [1.807, 2.05) is 20.8 Å². The Balaban J connectivity index is 2.73. The van der Waals surface area contributed by atoms with Crippen molar-refractivity contribution in [1.29, 1.82) is 0 Å². The van der Waals surface area contributed by atoms with E-state index in [1.54, 1.807) is 4.90 Å². The van der Waals surface area contributed by atoms with Crippen molar-refractivity contribution < 1.29 is 18.8 Å². The van der Waals surface area contributed by atoms with Crippen molar-refractivity contribution in [1.82, 2.24) is 4.90 Å². The minimum absolute atomic E-state index is 0.0656. The van der Waals surface area contributed by atoms with Gasteiger partial charge in [0, 0.05) is 18.9 Å². The Morgan fingerprint density at radius 1 is 1.22 bits per heavy atom. The number of hydrogen-bond acceptors (Lipinski definition) is 4. The molecule has 1 fully saturated rings. The maximum absolute atomic E-state index is 12.3. The van der Waals surface area contributed by atoms with E-state index in [0.717, 1.165) is 6.29 Å². The fraction of sp³-hybridized carbons (Fsp3) is 0.882. The summed E-state index contributed by atoms with van der Waals surface area (Å²) in [5.41, 5.74) is -0.516. The molecule has 0 aliphatic carbocycles. The van der Waals surface area contributed by atoms with Crippen LogP contribution in [0.2, 0.25) is 18.1 Å². The van der Waals surface area contributed by atoms with E-state index in [2.05, 4.69) is 33.9 Å². The van der Waals surface area contributed by atoms with Crippen LogP contribution in [0.25, 0.3) is 0 Å². The van der Waals surface area contributed by atoms with Gasteiger partial charge in [-0.25, -0.2) is 4.79 Å². The summed E-state index contributed by atoms with van der Waals surface area (Å²) >= 11 is 0. The number of carbonyl (C=O) groups excluding carboxylic acids is 2. The van der Waals surface area contributed by atoms with Crippen molar-refractivity contribution in [2.45, 2.75) is 77.7 Å². The van der Waals surface area contributed by atoms with E-state index in [0.29, 0.717) is 19.6 Å². The molecule has 6 heteroatoms. The van der Waals surface area contributed by atoms with Crippen molar-refractivity contribution in [2.24, 2.45) is 5.92 Å². The lowest BCUT2D eigenvalue weighted by Crippen LogP contribution is -2.62. The van der Waals surface area contributed by atoms with Gasteiger partial charge in [0.1, 0.15) is 11.9 Å². The summed E-state index contributed by atoms with van der Waals surface area (Å²) in [5, 5.41) is 0.119. The first-order valence-electron chi connectivity index (χ1n) is 8.36. The molecular formula is C17H33NO4Si. The van der Waals surface area contributed by atoms with Crippen LogP contribution in [0.3, 0.4) is 0 Å². The fourth-order valence-electron chi connectivity index (χ4n) is 2.25. The second-order valence-corrected chi connectivity index (χ2v) is 13.7. The molecule has 134 valence electrons. The van der Waals surface area contributed by atoms with E-state index in [-0.39, 0.29) is 23.1 Å². The third-order valence-electron chi connectivity index (χ3n) is 4.82. The maximum atomic E-state index is 12.3. The number of ether oxygens (including phenoxy) is 1. The molecule has 1 heterocycles. The summed E-state index contributed by atoms with van der Waals surface area (Å²) in [6.07, 6.45) is 1.07. The van der Waals surface area contributed by atoms with Gasteiger partial charge in [-0.3, -0.25) is 0 Å². The lowest BCUT2D eigenvalue weighted by molar-refractivity contribution is -0.112. The van der Waals surface area contributed by atoms with Crippen molar-refractivity contribution in [3.05, 3.63) is 0 Å². The van der Waals surface area contributed by atoms with Crippen molar-refractivity contribution in [3.8, 4) is 0 Å². The van der Waals surface area contributed by atoms with Crippen LogP contribution in [0.1, 0.15) is 48.0 Å². The monoisotopic (exact) mass is 343 g/mol. The van der Waals surface area contributed by atoms with Crippen LogP contribution < -0.4 is 0 Å². The van der Waals surface area contributed by atoms with E-state index in [4.69, 9.17) is 9.16 Å². The van der Waals surface area contributed by atoms with Crippen LogP contribution in [0.5, 0.6) is 0 Å². The number of likely N-dealkylation sites (tertiary alicyclic amines) is 1. The molecule has 0 aromatic carbocycles. The Morgan fingerprint density at radius 3 is 2.22 bits per heavy atom. The molecule has 0 aromatic rings. The molecular weight excluding hydrogens is 310 g/mol. The molecule has 1 amide bonds. The number of aldehydes is 1. The fourth-order valence-corrected chi connectivity index (χ4v) is 3.27. The SMILES string of the molecule is CC(C)(C)OC(=O)N1C[C@H](CC=O)[C@H]1CO[Si](C)(C)C(C)(C)C. The molecule has 0 aromatic heterocycles. The summed E-state index contributed by atoms with van der Waals surface area (Å²) < 4.78 is 11.7. The average Bonchev–Trinajstić information content (AvgIpc) is 2.29. The highest BCUT2D eigenvalue weighted by Gasteiger charge is 2.45. The normalized spacial score (nSPS) is 22.5. The first-order valence-corrected chi connectivity index (χ1v) is 11.3. The minimum atomic E-state index is -1.88. The van der Waals surface area contributed by atoms with Crippen LogP contribution in [0.15, 0.2) is 0 Å². The predicted octanol–water partition coefficient (Wildman–Crippen LogP) is 3.83. The van der Waals surface area contributed by atoms with Crippen LogP contribution in [0, 0.1) is 5.92 Å². The molecule has 23 heavy (non-hydrogen) atoms. The maximum Gasteiger partial charge on any atom is 0.410 e. The summed E-state index contributed by atoms with van der Waals surface area (Å²) in [5.74, 6) is 0.171. The standard InChI is InChI=1S/C17H33NO4Si/c1-16(2,3)22-15(20)18-11-13(9-10-19)14(18)12-21-23(7,8)17(4,5)6/h10,13-14H,9,11-12H2,1-8H3/t13-,14+/m0/s1. The second-order valence-electron chi connectivity index (χ2n) is 8.93. The topological polar surface area (TPSA) is 55.8 Å². The lowest BCUT2D eigenvalue weighted by Gasteiger charge is -2.49. The lowest BCUT2D eigenvalue weighted by atomic mass is 9.87. The van der Waals surface area contributed by atoms with Crippen molar-refractivity contribution >= 4 is 20.7 Å². The Hall–Kier alpha value is -0.883. The van der Waals surface area contributed by atoms with Gasteiger partial charge in [0.25, 0.3) is 0 Å². The highest BCUT2D eigenvalue weighted by Crippen LogP contribution is 2.38. The average molecular weight is 344 g/mol. The molecule has 0 unspecified atom stereocenters. The summed E-state index contributed by atoms with van der Waals surface area (Å²) in [7, 11) is -1.88. The molecule has 1 saturated heterocycles. The van der Waals surface area contributed by atoms with E-state index in [9.17, 15) is 9.59 Å². The van der Waals surface area contributed by atoms with Gasteiger partial charge in [-0.1, -0.05) is 20.8 Å². The first-order chi connectivity index (χ1) is 10.3. The molecule has 1 aliphatic heterocycles. The molecule has 5 nitrogen and oxygen atoms in total. The third-order valence-corrected chi connectivity index (χ3v) is 9.32. The van der Waals surface area contributed by atoms with E-state index in [1.165, 1.54) is 0 Å². The summed E-state index contributed by atoms with van der Waals surface area (Å²) in [6, 6.07) is -0.0656. The Kier molecular flexibility index (Phi) is 6.07. The van der Waals surface area contributed by atoms with Gasteiger partial charge in [0.15, 0.2) is 8.32 Å². The Bertz CT molecular complexity index is 437. The molecule has 0 spiro atoms. The number of amides is 1. The van der Waals surface area contributed by atoms with E-state index >= 15 is 0 Å². The molecule has 0 bridgehead atoms. The van der Waals surface area contributed by atoms with Crippen LogP contribution in [0.4, 0.5) is 4.79 Å². The Morgan fingerprint density at radius 2 is 1.78 bits per heavy atom. The largest absolute Gasteiger partial charge is 0.444 e. The molecule has 0 N–H and O–H groups in total. The quantitative estimate of drug-likeness (QED) is 0.562. The van der Waals surface area contributed by atoms with Crippen molar-refractivity contribution in [2.75, 3.05) is 13.2 Å².